The Morgan fingerprint density at radius 1 is 1.10 bits per heavy atom. The Morgan fingerprint density at radius 2 is 1.79 bits per heavy atom. The summed E-state index contributed by atoms with van der Waals surface area (Å²) in [6.45, 7) is 5.03. The van der Waals surface area contributed by atoms with Gasteiger partial charge < -0.3 is 9.88 Å². The van der Waals surface area contributed by atoms with E-state index in [9.17, 15) is 18.0 Å². The fraction of sp³-hybridized carbons (Fsp3) is 0.524. The SMILES string of the molecule is CCN(CC)S(=O)(=O)c1ccc2[nH]c(=O)cc(C(=O)N(CC3CC3)C3CC3)c2c1. The highest BCUT2D eigenvalue weighted by molar-refractivity contribution is 7.89. The van der Waals surface area contributed by atoms with E-state index in [2.05, 4.69) is 4.98 Å². The summed E-state index contributed by atoms with van der Waals surface area (Å²) >= 11 is 0. The van der Waals surface area contributed by atoms with Gasteiger partial charge in [0.15, 0.2) is 0 Å². The monoisotopic (exact) mass is 417 g/mol. The van der Waals surface area contributed by atoms with Crippen LogP contribution in [0.1, 0.15) is 49.9 Å². The molecule has 2 fully saturated rings. The van der Waals surface area contributed by atoms with Gasteiger partial charge >= 0.3 is 0 Å². The van der Waals surface area contributed by atoms with Crippen molar-refractivity contribution in [3.63, 3.8) is 0 Å². The Balaban J connectivity index is 1.80. The molecule has 2 saturated carbocycles. The molecule has 8 heteroatoms. The first-order valence-electron chi connectivity index (χ1n) is 10.3. The number of rotatable bonds is 8. The molecular formula is C21H27N3O4S. The lowest BCUT2D eigenvalue weighted by Gasteiger charge is -2.23. The Morgan fingerprint density at radius 3 is 2.38 bits per heavy atom. The number of benzene rings is 1. The van der Waals surface area contributed by atoms with E-state index in [1.165, 1.54) is 22.5 Å². The van der Waals surface area contributed by atoms with E-state index in [0.29, 0.717) is 29.9 Å². The van der Waals surface area contributed by atoms with Gasteiger partial charge in [-0.15, -0.1) is 0 Å². The Labute approximate surface area is 170 Å². The lowest BCUT2D eigenvalue weighted by atomic mass is 10.1. The standard InChI is InChI=1S/C21H27N3O4S/c1-3-23(4-2)29(27,28)16-9-10-19-17(11-16)18(12-20(25)22-19)21(26)24(15-7-8-15)13-14-5-6-14/h9-12,14-15H,3-8,13H2,1-2H3,(H,22,25). The van der Waals surface area contributed by atoms with Crippen LogP contribution in [0.3, 0.4) is 0 Å². The summed E-state index contributed by atoms with van der Waals surface area (Å²) in [5.41, 5.74) is 0.400. The zero-order valence-corrected chi connectivity index (χ0v) is 17.7. The molecule has 29 heavy (non-hydrogen) atoms. The Hall–Kier alpha value is -2.19. The maximum atomic E-state index is 13.4. The number of nitrogens with one attached hydrogen (secondary N) is 1. The summed E-state index contributed by atoms with van der Waals surface area (Å²) in [5.74, 6) is 0.374. The van der Waals surface area contributed by atoms with E-state index in [1.807, 2.05) is 4.90 Å². The number of hydrogen-bond acceptors (Lipinski definition) is 4. The lowest BCUT2D eigenvalue weighted by molar-refractivity contribution is 0.0736. The fourth-order valence-corrected chi connectivity index (χ4v) is 5.28. The van der Waals surface area contributed by atoms with E-state index in [-0.39, 0.29) is 28.0 Å². The van der Waals surface area contributed by atoms with Gasteiger partial charge in [-0.2, -0.15) is 4.31 Å². The highest BCUT2D eigenvalue weighted by Crippen LogP contribution is 2.36. The molecule has 2 aromatic rings. The van der Waals surface area contributed by atoms with Gasteiger partial charge in [0.2, 0.25) is 15.6 Å². The normalized spacial score (nSPS) is 17.1. The van der Waals surface area contributed by atoms with Crippen LogP contribution in [0.25, 0.3) is 10.9 Å². The molecule has 156 valence electrons. The van der Waals surface area contributed by atoms with Crippen molar-refractivity contribution in [2.45, 2.75) is 50.5 Å². The Kier molecular flexibility index (Phi) is 5.25. The number of sulfonamides is 1. The van der Waals surface area contributed by atoms with Gasteiger partial charge in [0.1, 0.15) is 0 Å². The molecule has 1 N–H and O–H groups in total. The number of hydrogen-bond donors (Lipinski definition) is 1. The summed E-state index contributed by atoms with van der Waals surface area (Å²) in [6.07, 6.45) is 4.25. The summed E-state index contributed by atoms with van der Waals surface area (Å²) in [4.78, 5) is 30.3. The van der Waals surface area contributed by atoms with E-state index in [4.69, 9.17) is 0 Å². The van der Waals surface area contributed by atoms with Crippen LogP contribution in [0.15, 0.2) is 34.0 Å². The molecule has 7 nitrogen and oxygen atoms in total. The molecule has 0 atom stereocenters. The van der Waals surface area contributed by atoms with Gasteiger partial charge in [-0.25, -0.2) is 8.42 Å². The molecule has 0 unspecified atom stereocenters. The van der Waals surface area contributed by atoms with Crippen molar-refractivity contribution in [2.75, 3.05) is 19.6 Å². The molecule has 2 aliphatic rings. The maximum absolute atomic E-state index is 13.4. The second kappa shape index (κ2) is 7.57. The molecule has 2 aliphatic carbocycles. The van der Waals surface area contributed by atoms with Gasteiger partial charge in [-0.05, 0) is 49.8 Å². The molecular weight excluding hydrogens is 390 g/mol. The summed E-state index contributed by atoms with van der Waals surface area (Å²) in [5, 5.41) is 0.476. The molecule has 1 heterocycles. The molecule has 4 rings (SSSR count). The van der Waals surface area contributed by atoms with Crippen molar-refractivity contribution < 1.29 is 13.2 Å². The van der Waals surface area contributed by atoms with Crippen LogP contribution in [0, 0.1) is 5.92 Å². The van der Waals surface area contributed by atoms with Crippen molar-refractivity contribution in [3.8, 4) is 0 Å². The van der Waals surface area contributed by atoms with Gasteiger partial charge in [0.25, 0.3) is 5.91 Å². The van der Waals surface area contributed by atoms with E-state index in [0.717, 1.165) is 32.2 Å². The van der Waals surface area contributed by atoms with Crippen molar-refractivity contribution in [1.29, 1.82) is 0 Å². The first kappa shape index (κ1) is 20.1. The highest BCUT2D eigenvalue weighted by atomic mass is 32.2. The topological polar surface area (TPSA) is 90.5 Å². The minimum Gasteiger partial charge on any atom is -0.335 e. The van der Waals surface area contributed by atoms with Gasteiger partial charge in [0, 0.05) is 42.6 Å². The quantitative estimate of drug-likeness (QED) is 0.715. The number of aromatic nitrogens is 1. The predicted molar refractivity (Wildman–Crippen MR) is 111 cm³/mol. The first-order valence-corrected chi connectivity index (χ1v) is 11.8. The van der Waals surface area contributed by atoms with E-state index < -0.39 is 10.0 Å². The first-order chi connectivity index (χ1) is 13.8. The van der Waals surface area contributed by atoms with Crippen molar-refractivity contribution in [2.24, 2.45) is 5.92 Å². The third kappa shape index (κ3) is 3.96. The number of pyridine rings is 1. The molecule has 0 aliphatic heterocycles. The van der Waals surface area contributed by atoms with E-state index in [1.54, 1.807) is 19.9 Å². The number of amides is 1. The molecule has 1 amide bonds. The van der Waals surface area contributed by atoms with Crippen LogP contribution >= 0.6 is 0 Å². The highest BCUT2D eigenvalue weighted by Gasteiger charge is 2.37. The molecule has 0 spiro atoms. The largest absolute Gasteiger partial charge is 0.335 e. The zero-order chi connectivity index (χ0) is 20.8. The maximum Gasteiger partial charge on any atom is 0.255 e. The van der Waals surface area contributed by atoms with E-state index >= 15 is 0 Å². The second-order valence-electron chi connectivity index (χ2n) is 7.98. The van der Waals surface area contributed by atoms with Crippen molar-refractivity contribution in [1.82, 2.24) is 14.2 Å². The van der Waals surface area contributed by atoms with Gasteiger partial charge in [0.05, 0.1) is 10.5 Å². The van der Waals surface area contributed by atoms with Gasteiger partial charge in [-0.1, -0.05) is 13.8 Å². The molecule has 1 aromatic heterocycles. The number of fused-ring (bicyclic) bond motifs is 1. The number of carbonyl (C=O) groups excluding carboxylic acids is 1. The number of aromatic amines is 1. The van der Waals surface area contributed by atoms with Crippen LogP contribution in [0.5, 0.6) is 0 Å². The lowest BCUT2D eigenvalue weighted by Crippen LogP contribution is -2.35. The fourth-order valence-electron chi connectivity index (χ4n) is 3.80. The minimum atomic E-state index is -3.66. The van der Waals surface area contributed by atoms with Crippen LogP contribution in [-0.4, -0.2) is 54.2 Å². The number of nitrogens with zero attached hydrogens (tertiary/aromatic N) is 2. The van der Waals surface area contributed by atoms with Crippen LogP contribution in [-0.2, 0) is 10.0 Å². The molecule has 1 aromatic carbocycles. The number of H-pyrrole nitrogens is 1. The third-order valence-corrected chi connectivity index (χ3v) is 7.83. The molecule has 0 radical (unpaired) electrons. The summed E-state index contributed by atoms with van der Waals surface area (Å²) < 4.78 is 27.3. The average molecular weight is 418 g/mol. The van der Waals surface area contributed by atoms with Crippen LogP contribution in [0.4, 0.5) is 0 Å². The average Bonchev–Trinajstić information content (AvgIpc) is 3.59. The van der Waals surface area contributed by atoms with Crippen molar-refractivity contribution >= 4 is 26.8 Å². The predicted octanol–water partition coefficient (Wildman–Crippen LogP) is 2.57. The molecule has 0 saturated heterocycles. The molecule has 0 bridgehead atoms. The number of carbonyl (C=O) groups is 1. The zero-order valence-electron chi connectivity index (χ0n) is 16.8. The smallest absolute Gasteiger partial charge is 0.255 e. The summed E-state index contributed by atoms with van der Waals surface area (Å²) in [6, 6.07) is 6.13. The van der Waals surface area contributed by atoms with Crippen LogP contribution < -0.4 is 5.56 Å². The van der Waals surface area contributed by atoms with Crippen molar-refractivity contribution in [3.05, 3.63) is 40.2 Å². The van der Waals surface area contributed by atoms with Crippen LogP contribution in [0.2, 0.25) is 0 Å². The minimum absolute atomic E-state index is 0.134. The Bertz CT molecular complexity index is 1100. The third-order valence-electron chi connectivity index (χ3n) is 5.79. The summed E-state index contributed by atoms with van der Waals surface area (Å²) in [7, 11) is -3.66. The second-order valence-corrected chi connectivity index (χ2v) is 9.91. The van der Waals surface area contributed by atoms with Gasteiger partial charge in [-0.3, -0.25) is 9.59 Å².